The molecule has 0 N–H and O–H groups in total. The Hall–Kier alpha value is -0.570. The molecule has 2 bridgehead atoms. The van der Waals surface area contributed by atoms with Crippen LogP contribution in [0.5, 0.6) is 5.75 Å². The van der Waals surface area contributed by atoms with Crippen LogP contribution in [0.15, 0.2) is 18.2 Å². The van der Waals surface area contributed by atoms with Crippen molar-refractivity contribution in [3.05, 3.63) is 29.6 Å². The maximum absolute atomic E-state index is 13.4. The van der Waals surface area contributed by atoms with Gasteiger partial charge >= 0.3 is 0 Å². The lowest BCUT2D eigenvalue weighted by molar-refractivity contribution is 0.312. The maximum atomic E-state index is 13.4. The first-order valence-electron chi connectivity index (χ1n) is 7.15. The number of fused-ring (bicyclic) bond motifs is 2. The van der Waals surface area contributed by atoms with Crippen LogP contribution in [-0.4, -0.2) is 7.11 Å². The SMILES string of the molecule is COc1ccc(F)cc1C(Br)CC1CC2CCC1C2. The molecule has 4 unspecified atom stereocenters. The quantitative estimate of drug-likeness (QED) is 0.700. The Bertz CT molecular complexity index is 462. The van der Waals surface area contributed by atoms with Crippen molar-refractivity contribution in [1.82, 2.24) is 0 Å². The normalized spacial score (nSPS) is 30.6. The zero-order valence-corrected chi connectivity index (χ0v) is 12.8. The van der Waals surface area contributed by atoms with E-state index in [0.717, 1.165) is 35.5 Å². The van der Waals surface area contributed by atoms with Crippen LogP contribution in [0.4, 0.5) is 4.39 Å². The van der Waals surface area contributed by atoms with Gasteiger partial charge < -0.3 is 4.74 Å². The molecule has 2 fully saturated rings. The standard InChI is InChI=1S/C16H20BrFO/c1-19-16-5-4-13(18)9-14(16)15(17)8-12-7-10-2-3-11(12)6-10/h4-5,9-12,15H,2-3,6-8H2,1H3. The molecule has 0 spiro atoms. The Morgan fingerprint density at radius 3 is 2.84 bits per heavy atom. The highest BCUT2D eigenvalue weighted by Gasteiger charge is 2.40. The molecule has 0 amide bonds. The smallest absolute Gasteiger partial charge is 0.123 e. The molecular weight excluding hydrogens is 307 g/mol. The van der Waals surface area contributed by atoms with Gasteiger partial charge in [0.2, 0.25) is 0 Å². The van der Waals surface area contributed by atoms with E-state index < -0.39 is 0 Å². The van der Waals surface area contributed by atoms with Crippen LogP contribution in [-0.2, 0) is 0 Å². The molecule has 2 aliphatic rings. The number of halogens is 2. The third kappa shape index (κ3) is 2.67. The summed E-state index contributed by atoms with van der Waals surface area (Å²) in [5.41, 5.74) is 0.949. The topological polar surface area (TPSA) is 9.23 Å². The van der Waals surface area contributed by atoms with E-state index in [1.54, 1.807) is 19.2 Å². The van der Waals surface area contributed by atoms with Crippen molar-refractivity contribution in [3.63, 3.8) is 0 Å². The van der Waals surface area contributed by atoms with Crippen LogP contribution < -0.4 is 4.74 Å². The van der Waals surface area contributed by atoms with E-state index in [2.05, 4.69) is 15.9 Å². The minimum Gasteiger partial charge on any atom is -0.496 e. The highest BCUT2D eigenvalue weighted by molar-refractivity contribution is 9.09. The minimum absolute atomic E-state index is 0.187. The third-order valence-corrected chi connectivity index (χ3v) is 5.79. The number of methoxy groups -OCH3 is 1. The highest BCUT2D eigenvalue weighted by atomic mass is 79.9. The number of benzene rings is 1. The first-order chi connectivity index (χ1) is 9.17. The molecule has 3 heteroatoms. The predicted octanol–water partition coefficient (Wildman–Crippen LogP) is 5.10. The van der Waals surface area contributed by atoms with Crippen molar-refractivity contribution in [2.45, 2.75) is 36.9 Å². The molecule has 19 heavy (non-hydrogen) atoms. The Balaban J connectivity index is 1.73. The Morgan fingerprint density at radius 2 is 2.21 bits per heavy atom. The van der Waals surface area contributed by atoms with Gasteiger partial charge in [-0.2, -0.15) is 0 Å². The maximum Gasteiger partial charge on any atom is 0.123 e. The van der Waals surface area contributed by atoms with E-state index >= 15 is 0 Å². The lowest BCUT2D eigenvalue weighted by Gasteiger charge is -2.25. The molecule has 0 radical (unpaired) electrons. The molecule has 3 rings (SSSR count). The second-order valence-corrected chi connectivity index (χ2v) is 7.13. The van der Waals surface area contributed by atoms with Gasteiger partial charge in [0.25, 0.3) is 0 Å². The molecule has 1 aromatic rings. The number of hydrogen-bond donors (Lipinski definition) is 0. The van der Waals surface area contributed by atoms with Crippen LogP contribution >= 0.6 is 15.9 Å². The summed E-state index contributed by atoms with van der Waals surface area (Å²) in [6.45, 7) is 0. The monoisotopic (exact) mass is 326 g/mol. The average molecular weight is 327 g/mol. The van der Waals surface area contributed by atoms with Crippen molar-refractivity contribution < 1.29 is 9.13 Å². The van der Waals surface area contributed by atoms with Crippen LogP contribution in [0.2, 0.25) is 0 Å². The molecular formula is C16H20BrFO. The number of rotatable bonds is 4. The van der Waals surface area contributed by atoms with Crippen LogP contribution in [0.1, 0.15) is 42.5 Å². The first-order valence-corrected chi connectivity index (χ1v) is 8.06. The van der Waals surface area contributed by atoms with Gasteiger partial charge in [0.1, 0.15) is 11.6 Å². The van der Waals surface area contributed by atoms with Crippen molar-refractivity contribution >= 4 is 15.9 Å². The third-order valence-electron chi connectivity index (χ3n) is 4.92. The molecule has 0 saturated heterocycles. The molecule has 2 saturated carbocycles. The summed E-state index contributed by atoms with van der Waals surface area (Å²) in [5.74, 6) is 3.27. The second-order valence-electron chi connectivity index (χ2n) is 6.02. The van der Waals surface area contributed by atoms with Gasteiger partial charge in [0.15, 0.2) is 0 Å². The summed E-state index contributed by atoms with van der Waals surface area (Å²) in [7, 11) is 1.65. The fraction of sp³-hybridized carbons (Fsp3) is 0.625. The van der Waals surface area contributed by atoms with Crippen LogP contribution in [0, 0.1) is 23.6 Å². The molecule has 0 heterocycles. The fourth-order valence-corrected chi connectivity index (χ4v) is 4.85. The molecule has 1 aromatic carbocycles. The first kappa shape index (κ1) is 13.4. The molecule has 0 aromatic heterocycles. The number of ether oxygens (including phenoxy) is 1. The largest absolute Gasteiger partial charge is 0.496 e. The van der Waals surface area contributed by atoms with Gasteiger partial charge in [-0.3, -0.25) is 0 Å². The summed E-state index contributed by atoms with van der Waals surface area (Å²) in [4.78, 5) is 0.197. The lowest BCUT2D eigenvalue weighted by Crippen LogP contribution is -2.12. The van der Waals surface area contributed by atoms with Crippen molar-refractivity contribution in [2.75, 3.05) is 7.11 Å². The van der Waals surface area contributed by atoms with Gasteiger partial charge in [0.05, 0.1) is 7.11 Å². The highest BCUT2D eigenvalue weighted by Crippen LogP contribution is 2.52. The van der Waals surface area contributed by atoms with E-state index in [0.29, 0.717) is 0 Å². The van der Waals surface area contributed by atoms with Gasteiger partial charge in [-0.15, -0.1) is 0 Å². The van der Waals surface area contributed by atoms with Gasteiger partial charge in [-0.05, 0) is 61.6 Å². The number of alkyl halides is 1. The zero-order valence-electron chi connectivity index (χ0n) is 11.2. The van der Waals surface area contributed by atoms with Crippen molar-refractivity contribution in [1.29, 1.82) is 0 Å². The second kappa shape index (κ2) is 5.43. The van der Waals surface area contributed by atoms with Crippen molar-refractivity contribution in [2.24, 2.45) is 17.8 Å². The summed E-state index contributed by atoms with van der Waals surface area (Å²) in [6, 6.07) is 4.78. The molecule has 0 aliphatic heterocycles. The molecule has 4 atom stereocenters. The average Bonchev–Trinajstić information content (AvgIpc) is 3.01. The van der Waals surface area contributed by atoms with E-state index in [9.17, 15) is 4.39 Å². The lowest BCUT2D eigenvalue weighted by atomic mass is 9.84. The Kier molecular flexibility index (Phi) is 3.84. The predicted molar refractivity (Wildman–Crippen MR) is 78.2 cm³/mol. The summed E-state index contributed by atoms with van der Waals surface area (Å²) < 4.78 is 18.8. The van der Waals surface area contributed by atoms with Gasteiger partial charge in [-0.25, -0.2) is 4.39 Å². The van der Waals surface area contributed by atoms with Crippen LogP contribution in [0.25, 0.3) is 0 Å². The van der Waals surface area contributed by atoms with E-state index in [1.807, 2.05) is 0 Å². The summed E-state index contributed by atoms with van der Waals surface area (Å²) in [6.07, 6.45) is 6.71. The van der Waals surface area contributed by atoms with Crippen molar-refractivity contribution in [3.8, 4) is 5.75 Å². The molecule has 1 nitrogen and oxygen atoms in total. The van der Waals surface area contributed by atoms with E-state index in [-0.39, 0.29) is 10.6 Å². The number of hydrogen-bond acceptors (Lipinski definition) is 1. The van der Waals surface area contributed by atoms with Gasteiger partial charge in [0, 0.05) is 10.4 Å². The summed E-state index contributed by atoms with van der Waals surface area (Å²) >= 11 is 3.75. The minimum atomic E-state index is -0.187. The van der Waals surface area contributed by atoms with Crippen LogP contribution in [0.3, 0.4) is 0 Å². The Morgan fingerprint density at radius 1 is 1.37 bits per heavy atom. The fourth-order valence-electron chi connectivity index (χ4n) is 4.01. The Labute approximate surface area is 122 Å². The summed E-state index contributed by atoms with van der Waals surface area (Å²) in [5, 5.41) is 0. The molecule has 104 valence electrons. The van der Waals surface area contributed by atoms with Gasteiger partial charge in [-0.1, -0.05) is 22.4 Å². The zero-order chi connectivity index (χ0) is 13.4. The molecule has 2 aliphatic carbocycles. The van der Waals surface area contributed by atoms with E-state index in [4.69, 9.17) is 4.74 Å². The van der Waals surface area contributed by atoms with E-state index in [1.165, 1.54) is 31.7 Å².